The van der Waals surface area contributed by atoms with E-state index in [1.54, 1.807) is 18.2 Å². The van der Waals surface area contributed by atoms with Gasteiger partial charge in [0.25, 0.3) is 0 Å². The summed E-state index contributed by atoms with van der Waals surface area (Å²) in [5, 5.41) is 2.98. The van der Waals surface area contributed by atoms with Crippen molar-refractivity contribution in [1.82, 2.24) is 14.5 Å². The molecule has 1 amide bonds. The second kappa shape index (κ2) is 6.96. The van der Waals surface area contributed by atoms with Gasteiger partial charge in [-0.3, -0.25) is 9.78 Å². The van der Waals surface area contributed by atoms with Gasteiger partial charge in [0.1, 0.15) is 5.82 Å². The Morgan fingerprint density at radius 1 is 1.21 bits per heavy atom. The van der Waals surface area contributed by atoms with Crippen LogP contribution in [0, 0.1) is 5.92 Å². The fourth-order valence-corrected chi connectivity index (χ4v) is 4.67. The number of hydrogen-bond donors (Lipinski definition) is 2. The van der Waals surface area contributed by atoms with Gasteiger partial charge < -0.3 is 14.3 Å². The predicted molar refractivity (Wildman–Crippen MR) is 105 cm³/mol. The summed E-state index contributed by atoms with van der Waals surface area (Å²) in [6.45, 7) is 0.855. The molecule has 0 radical (unpaired) electrons. The van der Waals surface area contributed by atoms with Gasteiger partial charge >= 0.3 is 5.76 Å². The summed E-state index contributed by atoms with van der Waals surface area (Å²) < 4.78 is 7.35. The summed E-state index contributed by atoms with van der Waals surface area (Å²) in [6, 6.07) is 5.17. The van der Waals surface area contributed by atoms with Crippen LogP contribution in [-0.2, 0) is 17.8 Å². The molecule has 2 aliphatic rings. The molecule has 1 aliphatic carbocycles. The van der Waals surface area contributed by atoms with E-state index >= 15 is 0 Å². The largest absolute Gasteiger partial charge is 0.417 e. The number of oxazole rings is 1. The fraction of sp³-hybridized carbons (Fsp3) is 0.476. The van der Waals surface area contributed by atoms with Gasteiger partial charge in [-0.1, -0.05) is 19.3 Å². The van der Waals surface area contributed by atoms with Crippen molar-refractivity contribution in [2.45, 2.75) is 57.4 Å². The third-order valence-electron chi connectivity index (χ3n) is 6.15. The summed E-state index contributed by atoms with van der Waals surface area (Å²) in [5.41, 5.74) is 2.90. The minimum Gasteiger partial charge on any atom is -0.408 e. The van der Waals surface area contributed by atoms with E-state index in [9.17, 15) is 9.59 Å². The van der Waals surface area contributed by atoms with Crippen molar-refractivity contribution in [3.8, 4) is 0 Å². The molecule has 2 N–H and O–H groups in total. The van der Waals surface area contributed by atoms with E-state index in [1.807, 2.05) is 6.20 Å². The molecule has 146 valence electrons. The van der Waals surface area contributed by atoms with Gasteiger partial charge in [-0.05, 0) is 37.5 Å². The highest BCUT2D eigenvalue weighted by atomic mass is 16.4. The Bertz CT molecular complexity index is 1070. The third kappa shape index (κ3) is 3.15. The quantitative estimate of drug-likeness (QED) is 0.726. The van der Waals surface area contributed by atoms with E-state index in [2.05, 4.69) is 14.9 Å². The van der Waals surface area contributed by atoms with Crippen LogP contribution in [0.4, 0.5) is 5.69 Å². The van der Waals surface area contributed by atoms with Crippen molar-refractivity contribution in [1.29, 1.82) is 0 Å². The molecule has 7 nitrogen and oxygen atoms in total. The molecular formula is C21H24N4O3. The minimum absolute atomic E-state index is 0.0110. The zero-order valence-corrected chi connectivity index (χ0v) is 15.7. The third-order valence-corrected chi connectivity index (χ3v) is 6.15. The van der Waals surface area contributed by atoms with Crippen LogP contribution in [0.15, 0.2) is 33.6 Å². The minimum atomic E-state index is -0.493. The van der Waals surface area contributed by atoms with E-state index in [0.717, 1.165) is 19.4 Å². The molecule has 1 atom stereocenters. The topological polar surface area (TPSA) is 92.9 Å². The van der Waals surface area contributed by atoms with Crippen LogP contribution in [0.3, 0.4) is 0 Å². The lowest BCUT2D eigenvalue weighted by atomic mass is 9.88. The van der Waals surface area contributed by atoms with E-state index in [1.165, 1.54) is 43.6 Å². The number of hydrogen-bond acceptors (Lipinski definition) is 4. The molecule has 1 fully saturated rings. The maximum absolute atomic E-state index is 12.8. The number of nitrogens with one attached hydrogen (secondary N) is 2. The van der Waals surface area contributed by atoms with Crippen molar-refractivity contribution in [3.05, 3.63) is 46.5 Å². The molecule has 3 heterocycles. The average molecular weight is 380 g/mol. The summed E-state index contributed by atoms with van der Waals surface area (Å²) in [6.07, 6.45) is 9.90. The molecule has 5 rings (SSSR count). The standard InChI is InChI=1S/C21H24N4O3/c26-20(23-15-6-7-18-17(11-15)24-21(27)28-18)14-8-9-25-16(10-14)12-22-19(25)13-4-2-1-3-5-13/h6-7,11-14H,1-5,8-10H2,(H,23,26)(H,24,27)/t14-/m1/s1. The number of carbonyl (C=O) groups is 1. The number of anilines is 1. The lowest BCUT2D eigenvalue weighted by molar-refractivity contribution is -0.120. The number of aromatic nitrogens is 3. The lowest BCUT2D eigenvalue weighted by Crippen LogP contribution is -2.31. The SMILES string of the molecule is O=C(Nc1ccc2oc(=O)[nH]c2c1)[C@@H]1CCn2c(cnc2C2CCCCC2)C1. The van der Waals surface area contributed by atoms with E-state index in [4.69, 9.17) is 9.40 Å². The summed E-state index contributed by atoms with van der Waals surface area (Å²) in [7, 11) is 0. The normalized spacial score (nSPS) is 20.2. The molecule has 28 heavy (non-hydrogen) atoms. The van der Waals surface area contributed by atoms with Gasteiger partial charge in [0, 0.05) is 42.4 Å². The number of carbonyl (C=O) groups excluding carboxylic acids is 1. The van der Waals surface area contributed by atoms with Crippen LogP contribution < -0.4 is 11.1 Å². The molecule has 7 heteroatoms. The van der Waals surface area contributed by atoms with Crippen molar-refractivity contribution in [3.63, 3.8) is 0 Å². The van der Waals surface area contributed by atoms with Gasteiger partial charge in [-0.2, -0.15) is 0 Å². The van der Waals surface area contributed by atoms with E-state index in [-0.39, 0.29) is 11.8 Å². The molecule has 1 aromatic carbocycles. The zero-order chi connectivity index (χ0) is 19.1. The predicted octanol–water partition coefficient (Wildman–Crippen LogP) is 3.57. The molecule has 3 aromatic rings. The Hall–Kier alpha value is -2.83. The Kier molecular flexibility index (Phi) is 4.30. The van der Waals surface area contributed by atoms with Gasteiger partial charge in [-0.25, -0.2) is 9.78 Å². The molecule has 1 saturated carbocycles. The summed E-state index contributed by atoms with van der Waals surface area (Å²) in [5.74, 6) is 1.26. The first-order chi connectivity index (χ1) is 13.7. The Morgan fingerprint density at radius 3 is 2.93 bits per heavy atom. The highest BCUT2D eigenvalue weighted by Gasteiger charge is 2.29. The van der Waals surface area contributed by atoms with Crippen LogP contribution in [0.5, 0.6) is 0 Å². The maximum atomic E-state index is 12.8. The summed E-state index contributed by atoms with van der Waals surface area (Å²) in [4.78, 5) is 31.4. The van der Waals surface area contributed by atoms with Crippen molar-refractivity contribution in [2.24, 2.45) is 5.92 Å². The molecule has 0 spiro atoms. The van der Waals surface area contributed by atoms with Gasteiger partial charge in [-0.15, -0.1) is 0 Å². The number of benzene rings is 1. The number of fused-ring (bicyclic) bond motifs is 2. The second-order valence-corrected chi connectivity index (χ2v) is 8.00. The first-order valence-electron chi connectivity index (χ1n) is 10.2. The maximum Gasteiger partial charge on any atom is 0.417 e. The Labute approximate surface area is 162 Å². The first kappa shape index (κ1) is 17.3. The number of nitrogens with zero attached hydrogens (tertiary/aromatic N) is 2. The van der Waals surface area contributed by atoms with Crippen molar-refractivity contribution in [2.75, 3.05) is 5.32 Å². The molecule has 0 unspecified atom stereocenters. The molecule has 0 bridgehead atoms. The molecule has 1 aliphatic heterocycles. The van der Waals surface area contributed by atoms with Crippen LogP contribution in [0.25, 0.3) is 11.1 Å². The van der Waals surface area contributed by atoms with Crippen LogP contribution >= 0.6 is 0 Å². The Balaban J connectivity index is 1.29. The Morgan fingerprint density at radius 2 is 2.07 bits per heavy atom. The van der Waals surface area contributed by atoms with Crippen LogP contribution in [-0.4, -0.2) is 20.4 Å². The highest BCUT2D eigenvalue weighted by Crippen LogP contribution is 2.34. The number of amides is 1. The van der Waals surface area contributed by atoms with Crippen molar-refractivity contribution < 1.29 is 9.21 Å². The molecular weight excluding hydrogens is 356 g/mol. The molecule has 0 saturated heterocycles. The van der Waals surface area contributed by atoms with Crippen LogP contribution in [0.1, 0.15) is 56.0 Å². The number of imidazole rings is 1. The van der Waals surface area contributed by atoms with Crippen molar-refractivity contribution >= 4 is 22.7 Å². The zero-order valence-electron chi connectivity index (χ0n) is 15.7. The number of aromatic amines is 1. The molecule has 2 aromatic heterocycles. The van der Waals surface area contributed by atoms with E-state index in [0.29, 0.717) is 22.7 Å². The first-order valence-corrected chi connectivity index (χ1v) is 10.2. The van der Waals surface area contributed by atoms with Gasteiger partial charge in [0.05, 0.1) is 5.52 Å². The van der Waals surface area contributed by atoms with Crippen LogP contribution in [0.2, 0.25) is 0 Å². The monoisotopic (exact) mass is 380 g/mol. The number of H-pyrrole nitrogens is 1. The fourth-order valence-electron chi connectivity index (χ4n) is 4.67. The smallest absolute Gasteiger partial charge is 0.408 e. The van der Waals surface area contributed by atoms with Gasteiger partial charge in [0.2, 0.25) is 5.91 Å². The highest BCUT2D eigenvalue weighted by molar-refractivity contribution is 5.94. The van der Waals surface area contributed by atoms with Gasteiger partial charge in [0.15, 0.2) is 5.58 Å². The average Bonchev–Trinajstić information content (AvgIpc) is 3.30. The lowest BCUT2D eigenvalue weighted by Gasteiger charge is -2.27. The second-order valence-electron chi connectivity index (χ2n) is 8.00. The number of rotatable bonds is 3. The summed E-state index contributed by atoms with van der Waals surface area (Å²) >= 11 is 0. The van der Waals surface area contributed by atoms with E-state index < -0.39 is 5.76 Å².